The second kappa shape index (κ2) is 14.2. The van der Waals surface area contributed by atoms with Gasteiger partial charge in [-0.2, -0.15) is 0 Å². The smallest absolute Gasteiger partial charge is 0.164 e. The molecule has 12 aromatic rings. The molecule has 0 N–H and O–H groups in total. The predicted molar refractivity (Wildman–Crippen MR) is 254 cm³/mol. The molecule has 0 aliphatic rings. The molecule has 0 bridgehead atoms. The van der Waals surface area contributed by atoms with Crippen molar-refractivity contribution in [3.05, 3.63) is 194 Å². The first-order chi connectivity index (χ1) is 29.7. The van der Waals surface area contributed by atoms with E-state index in [1.54, 1.807) is 0 Å². The summed E-state index contributed by atoms with van der Waals surface area (Å²) in [7, 11) is 0. The normalized spacial score (nSPS) is 11.7. The monoisotopic (exact) mass is 800 g/mol. The first-order valence-electron chi connectivity index (χ1n) is 19.9. The number of benzene rings is 8. The average Bonchev–Trinajstić information content (AvgIpc) is 3.89. The van der Waals surface area contributed by atoms with Crippen molar-refractivity contribution in [1.82, 2.24) is 19.9 Å². The van der Waals surface area contributed by atoms with Crippen molar-refractivity contribution in [1.29, 1.82) is 0 Å². The molecule has 60 heavy (non-hydrogen) atoms. The van der Waals surface area contributed by atoms with E-state index in [0.29, 0.717) is 17.5 Å². The third-order valence-corrected chi connectivity index (χ3v) is 13.7. The minimum atomic E-state index is 0.622. The number of aromatic nitrogens is 4. The zero-order valence-corrected chi connectivity index (χ0v) is 33.7. The lowest BCUT2D eigenvalue weighted by Gasteiger charge is -2.13. The van der Waals surface area contributed by atoms with Crippen LogP contribution in [-0.4, -0.2) is 19.9 Å². The Labute approximate surface area is 353 Å². The Morgan fingerprint density at radius 2 is 0.800 bits per heavy atom. The molecule has 0 amide bonds. The molecule has 0 unspecified atom stereocenters. The number of hydrogen-bond acceptors (Lipinski definition) is 6. The van der Waals surface area contributed by atoms with Gasteiger partial charge in [0.2, 0.25) is 0 Å². The summed E-state index contributed by atoms with van der Waals surface area (Å²) >= 11 is 3.68. The minimum Gasteiger partial charge on any atom is -0.264 e. The summed E-state index contributed by atoms with van der Waals surface area (Å²) in [5.74, 6) is 1.87. The van der Waals surface area contributed by atoms with E-state index in [9.17, 15) is 0 Å². The molecule has 4 nitrogen and oxygen atoms in total. The Bertz CT molecular complexity index is 3470. The van der Waals surface area contributed by atoms with E-state index in [2.05, 4.69) is 169 Å². The van der Waals surface area contributed by atoms with Crippen molar-refractivity contribution in [3.63, 3.8) is 0 Å². The fourth-order valence-corrected chi connectivity index (χ4v) is 10.6. The molecule has 280 valence electrons. The molecule has 0 spiro atoms. The number of fused-ring (bicyclic) bond motifs is 7. The molecule has 8 aromatic carbocycles. The minimum absolute atomic E-state index is 0.622. The fourth-order valence-electron chi connectivity index (χ4n) is 8.42. The van der Waals surface area contributed by atoms with Gasteiger partial charge in [-0.1, -0.05) is 121 Å². The van der Waals surface area contributed by atoms with Gasteiger partial charge in [0.1, 0.15) is 0 Å². The van der Waals surface area contributed by atoms with Gasteiger partial charge < -0.3 is 0 Å². The van der Waals surface area contributed by atoms with E-state index in [1.165, 1.54) is 45.7 Å². The Kier molecular flexibility index (Phi) is 8.18. The summed E-state index contributed by atoms with van der Waals surface area (Å²) in [4.78, 5) is 19.9. The summed E-state index contributed by atoms with van der Waals surface area (Å²) < 4.78 is 5.15. The first-order valence-corrected chi connectivity index (χ1v) is 21.6. The molecule has 0 aliphatic heterocycles. The van der Waals surface area contributed by atoms with Crippen LogP contribution in [0.3, 0.4) is 0 Å². The topological polar surface area (TPSA) is 51.6 Å². The van der Waals surface area contributed by atoms with Gasteiger partial charge in [0.25, 0.3) is 0 Å². The number of pyridine rings is 1. The van der Waals surface area contributed by atoms with Gasteiger partial charge in [-0.25, -0.2) is 15.0 Å². The van der Waals surface area contributed by atoms with Crippen LogP contribution in [0.1, 0.15) is 0 Å². The van der Waals surface area contributed by atoms with Gasteiger partial charge in [0, 0.05) is 74.8 Å². The van der Waals surface area contributed by atoms with Crippen LogP contribution in [0.5, 0.6) is 0 Å². The van der Waals surface area contributed by atoms with E-state index in [1.807, 2.05) is 53.3 Å². The quantitative estimate of drug-likeness (QED) is 0.168. The van der Waals surface area contributed by atoms with Crippen LogP contribution in [0.2, 0.25) is 0 Å². The first kappa shape index (κ1) is 34.6. The Balaban J connectivity index is 1.04. The predicted octanol–water partition coefficient (Wildman–Crippen LogP) is 15.2. The molecule has 0 saturated carbocycles. The van der Waals surface area contributed by atoms with E-state index >= 15 is 0 Å². The second-order valence-corrected chi connectivity index (χ2v) is 17.2. The van der Waals surface area contributed by atoms with Crippen molar-refractivity contribution >= 4 is 73.8 Å². The molecule has 0 aliphatic carbocycles. The van der Waals surface area contributed by atoms with Gasteiger partial charge in [-0.15, -0.1) is 22.7 Å². The van der Waals surface area contributed by atoms with Crippen LogP contribution in [-0.2, 0) is 0 Å². The number of rotatable bonds is 6. The summed E-state index contributed by atoms with van der Waals surface area (Å²) in [6.07, 6.45) is 3.76. The van der Waals surface area contributed by atoms with Crippen molar-refractivity contribution in [2.75, 3.05) is 0 Å². The number of thiophene rings is 2. The lowest BCUT2D eigenvalue weighted by atomic mass is 9.94. The number of nitrogens with zero attached hydrogens (tertiary/aromatic N) is 4. The molecule has 0 saturated heterocycles. The molecular weight excluding hydrogens is 769 g/mol. The van der Waals surface area contributed by atoms with Crippen molar-refractivity contribution in [3.8, 4) is 67.5 Å². The van der Waals surface area contributed by atoms with Crippen LogP contribution >= 0.6 is 22.7 Å². The second-order valence-electron chi connectivity index (χ2n) is 15.1. The standard InChI is InChI=1S/C54H32N4S2/c1-2-9-34(10-3-1)52-56-53(35-19-17-33(18-20-35)42-14-8-11-38-32-55-26-25-43(38)42)58-54(57-52)41-28-39(36-21-23-50-46(30-36)44-12-4-6-15-48(44)59-50)27-40(29-41)37-22-24-51-47(31-37)45-13-5-7-16-49(45)60-51/h1-32H. The van der Waals surface area contributed by atoms with Crippen molar-refractivity contribution in [2.24, 2.45) is 0 Å². The Morgan fingerprint density at radius 1 is 0.300 bits per heavy atom. The maximum atomic E-state index is 5.26. The third kappa shape index (κ3) is 6.04. The largest absolute Gasteiger partial charge is 0.264 e. The molecule has 4 heterocycles. The Hall–Kier alpha value is -7.38. The summed E-state index contributed by atoms with van der Waals surface area (Å²) in [6, 6.07) is 65.0. The highest BCUT2D eigenvalue weighted by Crippen LogP contribution is 2.41. The molecule has 0 radical (unpaired) electrons. The molecule has 4 aromatic heterocycles. The highest BCUT2D eigenvalue weighted by molar-refractivity contribution is 7.26. The lowest BCUT2D eigenvalue weighted by Crippen LogP contribution is -2.00. The summed E-state index contributed by atoms with van der Waals surface area (Å²) in [5, 5.41) is 7.38. The Morgan fingerprint density at radius 3 is 1.43 bits per heavy atom. The van der Waals surface area contributed by atoms with Crippen LogP contribution in [0.4, 0.5) is 0 Å². The van der Waals surface area contributed by atoms with E-state index in [4.69, 9.17) is 15.0 Å². The van der Waals surface area contributed by atoms with Crippen LogP contribution in [0.15, 0.2) is 194 Å². The lowest BCUT2D eigenvalue weighted by molar-refractivity contribution is 1.07. The molecule has 0 atom stereocenters. The van der Waals surface area contributed by atoms with Gasteiger partial charge >= 0.3 is 0 Å². The number of hydrogen-bond donors (Lipinski definition) is 0. The maximum Gasteiger partial charge on any atom is 0.164 e. The molecule has 6 heteroatoms. The maximum absolute atomic E-state index is 5.26. The third-order valence-electron chi connectivity index (χ3n) is 11.4. The SMILES string of the molecule is c1ccc(-c2nc(-c3ccc(-c4cccc5cnccc45)cc3)nc(-c3cc(-c4ccc5sc6ccccc6c5c4)cc(-c4ccc5sc6ccccc6c5c4)c3)n2)cc1. The highest BCUT2D eigenvalue weighted by atomic mass is 32.1. The van der Waals surface area contributed by atoms with Gasteiger partial charge in [-0.3, -0.25) is 4.98 Å². The fraction of sp³-hybridized carbons (Fsp3) is 0. The summed E-state index contributed by atoms with van der Waals surface area (Å²) in [6.45, 7) is 0. The highest BCUT2D eigenvalue weighted by Gasteiger charge is 2.17. The average molecular weight is 801 g/mol. The van der Waals surface area contributed by atoms with Crippen LogP contribution in [0, 0.1) is 0 Å². The van der Waals surface area contributed by atoms with E-state index in [-0.39, 0.29) is 0 Å². The zero-order chi connectivity index (χ0) is 39.6. The van der Waals surface area contributed by atoms with Crippen LogP contribution in [0.25, 0.3) is 119 Å². The summed E-state index contributed by atoms with van der Waals surface area (Å²) in [5.41, 5.74) is 9.56. The van der Waals surface area contributed by atoms with Crippen molar-refractivity contribution in [2.45, 2.75) is 0 Å². The zero-order valence-electron chi connectivity index (χ0n) is 32.1. The van der Waals surface area contributed by atoms with Gasteiger partial charge in [-0.05, 0) is 99.4 Å². The molecule has 0 fully saturated rings. The van der Waals surface area contributed by atoms with E-state index < -0.39 is 0 Å². The van der Waals surface area contributed by atoms with Crippen LogP contribution < -0.4 is 0 Å². The van der Waals surface area contributed by atoms with Gasteiger partial charge in [0.15, 0.2) is 17.5 Å². The molecular formula is C54H32N4S2. The van der Waals surface area contributed by atoms with Crippen molar-refractivity contribution < 1.29 is 0 Å². The van der Waals surface area contributed by atoms with Gasteiger partial charge in [0.05, 0.1) is 0 Å². The van der Waals surface area contributed by atoms with E-state index in [0.717, 1.165) is 55.5 Å². The molecule has 12 rings (SSSR count).